The van der Waals surface area contributed by atoms with Crippen LogP contribution < -0.4 is 0 Å². The summed E-state index contributed by atoms with van der Waals surface area (Å²) in [7, 11) is 0. The monoisotopic (exact) mass is 287 g/mol. The van der Waals surface area contributed by atoms with Crippen LogP contribution >= 0.6 is 0 Å². The standard InChI is InChI=1S/C16H21N3O2/c1-12-3-2-4-14(9-12)16-17-15(21-18-16)10-19-7-5-13(11-20)6-8-19/h2-4,9,13,20H,5-8,10-11H2,1H3. The molecule has 0 radical (unpaired) electrons. The molecule has 1 N–H and O–H groups in total. The molecule has 2 heterocycles. The lowest BCUT2D eigenvalue weighted by Crippen LogP contribution is -2.34. The molecule has 1 aromatic heterocycles. The predicted molar refractivity (Wildman–Crippen MR) is 79.6 cm³/mol. The number of nitrogens with zero attached hydrogens (tertiary/aromatic N) is 3. The molecule has 21 heavy (non-hydrogen) atoms. The van der Waals surface area contributed by atoms with Crippen molar-refractivity contribution >= 4 is 0 Å². The van der Waals surface area contributed by atoms with E-state index in [4.69, 9.17) is 9.63 Å². The summed E-state index contributed by atoms with van der Waals surface area (Å²) in [6.45, 7) is 5.00. The molecule has 1 aliphatic heterocycles. The smallest absolute Gasteiger partial charge is 0.241 e. The van der Waals surface area contributed by atoms with E-state index in [2.05, 4.69) is 34.1 Å². The lowest BCUT2D eigenvalue weighted by molar-refractivity contribution is 0.119. The highest BCUT2D eigenvalue weighted by atomic mass is 16.5. The molecule has 0 spiro atoms. The molecule has 0 atom stereocenters. The van der Waals surface area contributed by atoms with Crippen LogP contribution in [0.4, 0.5) is 0 Å². The molecular weight excluding hydrogens is 266 g/mol. The second-order valence-electron chi connectivity index (χ2n) is 5.78. The van der Waals surface area contributed by atoms with Crippen molar-refractivity contribution in [3.63, 3.8) is 0 Å². The van der Waals surface area contributed by atoms with Gasteiger partial charge in [-0.15, -0.1) is 0 Å². The van der Waals surface area contributed by atoms with Crippen molar-refractivity contribution in [1.29, 1.82) is 0 Å². The van der Waals surface area contributed by atoms with Crippen LogP contribution in [0, 0.1) is 12.8 Å². The maximum atomic E-state index is 9.16. The minimum atomic E-state index is 0.298. The van der Waals surface area contributed by atoms with Crippen molar-refractivity contribution in [2.75, 3.05) is 19.7 Å². The van der Waals surface area contributed by atoms with Gasteiger partial charge in [-0.1, -0.05) is 28.9 Å². The molecule has 0 aliphatic carbocycles. The van der Waals surface area contributed by atoms with Gasteiger partial charge in [0.05, 0.1) is 6.54 Å². The van der Waals surface area contributed by atoms with E-state index < -0.39 is 0 Å². The lowest BCUT2D eigenvalue weighted by Gasteiger charge is -2.29. The first-order valence-electron chi connectivity index (χ1n) is 7.47. The summed E-state index contributed by atoms with van der Waals surface area (Å²) in [5.74, 6) is 1.76. The van der Waals surface area contributed by atoms with Crippen LogP contribution in [0.25, 0.3) is 11.4 Å². The minimum Gasteiger partial charge on any atom is -0.396 e. The summed E-state index contributed by atoms with van der Waals surface area (Å²) in [6.07, 6.45) is 2.07. The summed E-state index contributed by atoms with van der Waals surface area (Å²) in [5, 5.41) is 13.2. The molecule has 0 bridgehead atoms. The molecule has 1 aliphatic rings. The van der Waals surface area contributed by atoms with Crippen LogP contribution in [0.1, 0.15) is 24.3 Å². The van der Waals surface area contributed by atoms with Crippen molar-refractivity contribution in [2.24, 2.45) is 5.92 Å². The predicted octanol–water partition coefficient (Wildman–Crippen LogP) is 2.25. The van der Waals surface area contributed by atoms with Gasteiger partial charge in [0.2, 0.25) is 11.7 Å². The number of aliphatic hydroxyl groups is 1. The summed E-state index contributed by atoms with van der Waals surface area (Å²) >= 11 is 0. The summed E-state index contributed by atoms with van der Waals surface area (Å²) in [4.78, 5) is 6.79. The largest absolute Gasteiger partial charge is 0.396 e. The molecular formula is C16H21N3O2. The zero-order valence-electron chi connectivity index (χ0n) is 12.3. The van der Waals surface area contributed by atoms with Gasteiger partial charge in [-0.25, -0.2) is 0 Å². The number of benzene rings is 1. The van der Waals surface area contributed by atoms with E-state index in [1.807, 2.05) is 12.1 Å². The third-order valence-corrected chi connectivity index (χ3v) is 4.07. The molecule has 5 nitrogen and oxygen atoms in total. The first-order chi connectivity index (χ1) is 10.2. The van der Waals surface area contributed by atoms with E-state index >= 15 is 0 Å². The van der Waals surface area contributed by atoms with E-state index in [0.29, 0.717) is 30.8 Å². The minimum absolute atomic E-state index is 0.298. The topological polar surface area (TPSA) is 62.4 Å². The molecule has 0 saturated carbocycles. The maximum absolute atomic E-state index is 9.16. The normalized spacial score (nSPS) is 17.2. The Morgan fingerprint density at radius 2 is 2.14 bits per heavy atom. The van der Waals surface area contributed by atoms with Gasteiger partial charge < -0.3 is 9.63 Å². The molecule has 1 saturated heterocycles. The third kappa shape index (κ3) is 3.49. The fraction of sp³-hybridized carbons (Fsp3) is 0.500. The van der Waals surface area contributed by atoms with Crippen molar-refractivity contribution in [3.8, 4) is 11.4 Å². The molecule has 1 aromatic carbocycles. The second kappa shape index (κ2) is 6.37. The quantitative estimate of drug-likeness (QED) is 0.934. The van der Waals surface area contributed by atoms with Crippen LogP contribution in [0.2, 0.25) is 0 Å². The van der Waals surface area contributed by atoms with E-state index in [1.54, 1.807) is 0 Å². The number of rotatable bonds is 4. The Morgan fingerprint density at radius 1 is 1.33 bits per heavy atom. The van der Waals surface area contributed by atoms with Gasteiger partial charge in [0.15, 0.2) is 0 Å². The Morgan fingerprint density at radius 3 is 2.86 bits per heavy atom. The number of aromatic nitrogens is 2. The number of hydrogen-bond donors (Lipinski definition) is 1. The summed E-state index contributed by atoms with van der Waals surface area (Å²) in [5.41, 5.74) is 2.17. The van der Waals surface area contributed by atoms with Gasteiger partial charge in [-0.05, 0) is 44.8 Å². The van der Waals surface area contributed by atoms with Gasteiger partial charge in [0, 0.05) is 12.2 Å². The van der Waals surface area contributed by atoms with Crippen LogP contribution in [-0.2, 0) is 6.54 Å². The van der Waals surface area contributed by atoms with E-state index in [1.165, 1.54) is 5.56 Å². The van der Waals surface area contributed by atoms with Gasteiger partial charge in [0.25, 0.3) is 0 Å². The fourth-order valence-corrected chi connectivity index (χ4v) is 2.74. The lowest BCUT2D eigenvalue weighted by atomic mass is 9.98. The molecule has 0 unspecified atom stereocenters. The Kier molecular flexibility index (Phi) is 4.31. The van der Waals surface area contributed by atoms with E-state index in [9.17, 15) is 0 Å². The Bertz CT molecular complexity index is 589. The first-order valence-corrected chi connectivity index (χ1v) is 7.47. The van der Waals surface area contributed by atoms with Crippen molar-refractivity contribution in [2.45, 2.75) is 26.3 Å². The first kappa shape index (κ1) is 14.2. The average Bonchev–Trinajstić information content (AvgIpc) is 2.97. The maximum Gasteiger partial charge on any atom is 0.241 e. The van der Waals surface area contributed by atoms with Crippen LogP contribution in [0.5, 0.6) is 0 Å². The highest BCUT2D eigenvalue weighted by molar-refractivity contribution is 5.55. The van der Waals surface area contributed by atoms with Crippen LogP contribution in [0.3, 0.4) is 0 Å². The molecule has 5 heteroatoms. The van der Waals surface area contributed by atoms with Gasteiger partial charge in [0.1, 0.15) is 0 Å². The Labute approximate surface area is 124 Å². The van der Waals surface area contributed by atoms with Crippen molar-refractivity contribution < 1.29 is 9.63 Å². The fourth-order valence-electron chi connectivity index (χ4n) is 2.74. The van der Waals surface area contributed by atoms with E-state index in [-0.39, 0.29) is 0 Å². The number of aryl methyl sites for hydroxylation is 1. The van der Waals surface area contributed by atoms with Gasteiger partial charge >= 0.3 is 0 Å². The van der Waals surface area contributed by atoms with Gasteiger partial charge in [-0.2, -0.15) is 4.98 Å². The number of hydrogen-bond acceptors (Lipinski definition) is 5. The number of piperidine rings is 1. The highest BCUT2D eigenvalue weighted by Gasteiger charge is 2.20. The SMILES string of the molecule is Cc1cccc(-c2noc(CN3CCC(CO)CC3)n2)c1. The summed E-state index contributed by atoms with van der Waals surface area (Å²) in [6, 6.07) is 8.10. The van der Waals surface area contributed by atoms with E-state index in [0.717, 1.165) is 31.5 Å². The second-order valence-corrected chi connectivity index (χ2v) is 5.78. The van der Waals surface area contributed by atoms with Crippen LogP contribution in [-0.4, -0.2) is 39.8 Å². The van der Waals surface area contributed by atoms with Gasteiger partial charge in [-0.3, -0.25) is 4.90 Å². The molecule has 3 rings (SSSR count). The summed E-state index contributed by atoms with van der Waals surface area (Å²) < 4.78 is 5.36. The molecule has 112 valence electrons. The number of aliphatic hydroxyl groups excluding tert-OH is 1. The molecule has 1 fully saturated rings. The zero-order valence-corrected chi connectivity index (χ0v) is 12.3. The Hall–Kier alpha value is -1.72. The Balaban J connectivity index is 1.63. The molecule has 2 aromatic rings. The highest BCUT2D eigenvalue weighted by Crippen LogP contribution is 2.20. The molecule has 0 amide bonds. The zero-order chi connectivity index (χ0) is 14.7. The third-order valence-electron chi connectivity index (χ3n) is 4.07. The number of likely N-dealkylation sites (tertiary alicyclic amines) is 1. The van der Waals surface area contributed by atoms with Crippen molar-refractivity contribution in [1.82, 2.24) is 15.0 Å². The van der Waals surface area contributed by atoms with Crippen molar-refractivity contribution in [3.05, 3.63) is 35.7 Å². The average molecular weight is 287 g/mol. The van der Waals surface area contributed by atoms with Crippen LogP contribution in [0.15, 0.2) is 28.8 Å².